The second-order valence-corrected chi connectivity index (χ2v) is 14.9. The summed E-state index contributed by atoms with van der Waals surface area (Å²) in [5.74, 6) is -0.840. The Morgan fingerprint density at radius 1 is 0.980 bits per heavy atom. The number of quaternary nitrogens is 1. The molecule has 2 unspecified atom stereocenters. The van der Waals surface area contributed by atoms with Crippen molar-refractivity contribution in [2.75, 3.05) is 39.9 Å². The lowest BCUT2D eigenvalue weighted by molar-refractivity contribution is -0.984. The highest BCUT2D eigenvalue weighted by Gasteiger charge is 2.52. The molecule has 276 valence electrons. The molecule has 0 radical (unpaired) electrons. The van der Waals surface area contributed by atoms with Gasteiger partial charge in [0.1, 0.15) is 6.67 Å². The van der Waals surface area contributed by atoms with Gasteiger partial charge in [0.15, 0.2) is 6.17 Å². The van der Waals surface area contributed by atoms with Crippen LogP contribution in [0.3, 0.4) is 0 Å². The van der Waals surface area contributed by atoms with E-state index in [4.69, 9.17) is 5.41 Å². The van der Waals surface area contributed by atoms with Crippen molar-refractivity contribution in [2.24, 2.45) is 11.8 Å². The number of imidazole rings is 1. The van der Waals surface area contributed by atoms with Gasteiger partial charge in [-0.1, -0.05) is 31.9 Å². The molecule has 0 bridgehead atoms. The minimum absolute atomic E-state index is 0.0134. The van der Waals surface area contributed by atoms with Gasteiger partial charge in [0.05, 0.1) is 36.0 Å². The summed E-state index contributed by atoms with van der Waals surface area (Å²) in [6, 6.07) is 8.30. The minimum Gasteiger partial charge on any atom is -0.296 e. The highest BCUT2D eigenvalue weighted by Crippen LogP contribution is 2.46. The Balaban J connectivity index is 1.40. The van der Waals surface area contributed by atoms with Gasteiger partial charge in [-0.05, 0) is 101 Å². The van der Waals surface area contributed by atoms with Crippen LogP contribution in [0.1, 0.15) is 101 Å². The molecule has 2 N–H and O–H groups in total. The number of halogens is 6. The number of likely N-dealkylation sites (tertiary alicyclic amines) is 1. The molecule has 0 spiro atoms. The summed E-state index contributed by atoms with van der Waals surface area (Å²) in [4.78, 5) is 4.03. The Kier molecular flexibility index (Phi) is 10.5. The normalized spacial score (nSPS) is 25.6. The van der Waals surface area contributed by atoms with Gasteiger partial charge in [-0.2, -0.15) is 31.8 Å². The number of piperidine rings is 1. The van der Waals surface area contributed by atoms with Crippen LogP contribution in [0.15, 0.2) is 42.7 Å². The summed E-state index contributed by atoms with van der Waals surface area (Å²) in [5.41, 5.74) is 4.58. The third-order valence-corrected chi connectivity index (χ3v) is 11.9. The van der Waals surface area contributed by atoms with E-state index < -0.39 is 29.9 Å². The van der Waals surface area contributed by atoms with Gasteiger partial charge in [0, 0.05) is 30.7 Å². The van der Waals surface area contributed by atoms with E-state index in [1.165, 1.54) is 34.2 Å². The molecule has 2 aromatic heterocycles. The molecule has 3 fully saturated rings. The van der Waals surface area contributed by atoms with Crippen molar-refractivity contribution in [1.82, 2.24) is 24.2 Å². The van der Waals surface area contributed by atoms with Gasteiger partial charge >= 0.3 is 12.4 Å². The van der Waals surface area contributed by atoms with Crippen LogP contribution in [-0.4, -0.2) is 75.6 Å². The van der Waals surface area contributed by atoms with Crippen LogP contribution in [0.4, 0.5) is 26.3 Å². The number of fused-ring (bicyclic) bond motifs is 1. The zero-order chi connectivity index (χ0) is 36.0. The highest BCUT2D eigenvalue weighted by molar-refractivity contribution is 5.58. The van der Waals surface area contributed by atoms with Crippen molar-refractivity contribution in [2.45, 2.75) is 103 Å². The Morgan fingerprint density at radius 2 is 1.74 bits per heavy atom. The van der Waals surface area contributed by atoms with Crippen molar-refractivity contribution >= 4 is 5.52 Å². The zero-order valence-electron chi connectivity index (χ0n) is 29.6. The lowest BCUT2D eigenvalue weighted by Crippen LogP contribution is -2.63. The van der Waals surface area contributed by atoms with Gasteiger partial charge in [-0.25, -0.2) is 9.49 Å². The topological polar surface area (TPSA) is 51.7 Å². The molecule has 3 aliphatic rings. The summed E-state index contributed by atoms with van der Waals surface area (Å²) in [6.45, 7) is 8.94. The number of hydrogen-bond acceptors (Lipinski definition) is 4. The van der Waals surface area contributed by atoms with Crippen molar-refractivity contribution in [3.63, 3.8) is 0 Å². The number of nitrogens with one attached hydrogen (secondary N) is 2. The van der Waals surface area contributed by atoms with Crippen molar-refractivity contribution in [1.29, 1.82) is 5.41 Å². The molecule has 1 saturated carbocycles. The van der Waals surface area contributed by atoms with E-state index in [1.807, 2.05) is 18.2 Å². The largest absolute Gasteiger partial charge is 0.418 e. The monoisotopic (exact) mass is 708 g/mol. The molecule has 4 heterocycles. The smallest absolute Gasteiger partial charge is 0.296 e. The average Bonchev–Trinajstić information content (AvgIpc) is 3.57. The van der Waals surface area contributed by atoms with Crippen LogP contribution in [-0.2, 0) is 6.18 Å². The molecular weight excluding hydrogens is 656 g/mol. The van der Waals surface area contributed by atoms with E-state index in [0.29, 0.717) is 24.6 Å². The average molecular weight is 709 g/mol. The predicted molar refractivity (Wildman–Crippen MR) is 181 cm³/mol. The number of alkyl halides is 6. The van der Waals surface area contributed by atoms with Gasteiger partial charge in [-0.3, -0.25) is 19.3 Å². The van der Waals surface area contributed by atoms with Gasteiger partial charge < -0.3 is 0 Å². The van der Waals surface area contributed by atoms with E-state index in [2.05, 4.69) is 37.3 Å². The third kappa shape index (κ3) is 6.99. The summed E-state index contributed by atoms with van der Waals surface area (Å²) in [5, 5.41) is 9.12. The van der Waals surface area contributed by atoms with Crippen molar-refractivity contribution < 1.29 is 30.9 Å². The SMILES string of the molecule is CCCCC[N+]1(CC)NCN(C)C1[C@@H](c1cccc(-n2cc3c(C(F)(F)F)cc([C@@H](C)N4CCC[C@H](C(F)(F)F)C4)cn3c2=N)c1)C1CCC1. The van der Waals surface area contributed by atoms with Crippen LogP contribution < -0.4 is 11.0 Å². The summed E-state index contributed by atoms with van der Waals surface area (Å²) >= 11 is 0. The van der Waals surface area contributed by atoms with Crippen LogP contribution in [0.2, 0.25) is 0 Å². The van der Waals surface area contributed by atoms with Gasteiger partial charge in [-0.15, -0.1) is 0 Å². The first-order valence-corrected chi connectivity index (χ1v) is 18.3. The van der Waals surface area contributed by atoms with Crippen LogP contribution in [0.5, 0.6) is 0 Å². The molecular formula is C37H52F6N7+. The molecule has 1 aromatic carbocycles. The predicted octanol–water partition coefficient (Wildman–Crippen LogP) is 8.21. The first-order chi connectivity index (χ1) is 23.7. The molecule has 1 aliphatic carbocycles. The van der Waals surface area contributed by atoms with Crippen LogP contribution in [0.25, 0.3) is 11.2 Å². The zero-order valence-corrected chi connectivity index (χ0v) is 29.6. The minimum atomic E-state index is -4.73. The molecule has 3 aromatic rings. The fourth-order valence-corrected chi connectivity index (χ4v) is 8.80. The van der Waals surface area contributed by atoms with E-state index >= 15 is 0 Å². The summed E-state index contributed by atoms with van der Waals surface area (Å²) < 4.78 is 88.2. The Morgan fingerprint density at radius 3 is 2.38 bits per heavy atom. The lowest BCUT2D eigenvalue weighted by Gasteiger charge is -2.46. The molecule has 6 rings (SSSR count). The Hall–Kier alpha value is -2.87. The number of rotatable bonds is 11. The van der Waals surface area contributed by atoms with Crippen molar-refractivity contribution in [3.8, 4) is 5.69 Å². The van der Waals surface area contributed by atoms with E-state index in [0.717, 1.165) is 61.7 Å². The Bertz CT molecular complexity index is 1690. The highest BCUT2D eigenvalue weighted by atomic mass is 19.4. The van der Waals surface area contributed by atoms with Gasteiger partial charge in [0.25, 0.3) is 0 Å². The number of benzene rings is 1. The molecule has 5 atom stereocenters. The number of unbranched alkanes of at least 4 members (excludes halogenated alkanes) is 2. The fraction of sp³-hybridized carbons (Fsp3) is 0.649. The number of likely N-dealkylation sites (N-methyl/N-ethyl adjacent to an activating group) is 2. The maximum absolute atomic E-state index is 14.6. The third-order valence-electron chi connectivity index (χ3n) is 11.9. The second kappa shape index (κ2) is 14.3. The first kappa shape index (κ1) is 36.9. The standard InChI is InChI=1S/C37H52F6N7/c1-5-7-8-18-50(6-2)34(46(4)24-45-50)33(26-12-9-13-26)27-14-10-16-30(19-27)48-23-32-31(37(41,42)43)20-28(21-49(32)35(48)44)25(3)47-17-11-15-29(22-47)36(38,39)40/h10,14,16,19-21,23,25-26,29,33-34,44-45H,5-9,11-13,15,17-18,22,24H2,1-4H3/q+1/t25-,29+,33-,34?,50?/m1/s1. The van der Waals surface area contributed by atoms with E-state index in [9.17, 15) is 26.3 Å². The van der Waals surface area contributed by atoms with Crippen LogP contribution in [0, 0.1) is 17.2 Å². The number of aromatic nitrogens is 2. The van der Waals surface area contributed by atoms with E-state index in [1.54, 1.807) is 11.8 Å². The van der Waals surface area contributed by atoms with E-state index in [-0.39, 0.29) is 41.7 Å². The second-order valence-electron chi connectivity index (χ2n) is 14.9. The Labute approximate surface area is 290 Å². The molecule has 0 amide bonds. The molecule has 13 heteroatoms. The lowest BCUT2D eigenvalue weighted by atomic mass is 9.71. The quantitative estimate of drug-likeness (QED) is 0.120. The van der Waals surface area contributed by atoms with Crippen LogP contribution >= 0.6 is 0 Å². The molecule has 2 aliphatic heterocycles. The number of nitrogens with zero attached hydrogens (tertiary/aromatic N) is 5. The number of hydrogen-bond donors (Lipinski definition) is 2. The molecule has 50 heavy (non-hydrogen) atoms. The van der Waals surface area contributed by atoms with Gasteiger partial charge in [0.2, 0.25) is 5.62 Å². The molecule has 2 saturated heterocycles. The summed E-state index contributed by atoms with van der Waals surface area (Å²) in [6.07, 6.45) is 1.17. The van der Waals surface area contributed by atoms with Crippen molar-refractivity contribution in [3.05, 3.63) is 65.0 Å². The fourth-order valence-electron chi connectivity index (χ4n) is 8.80. The number of pyridine rings is 1. The maximum atomic E-state index is 14.6. The first-order valence-electron chi connectivity index (χ1n) is 18.3. The summed E-state index contributed by atoms with van der Waals surface area (Å²) in [7, 11) is 2.17. The maximum Gasteiger partial charge on any atom is 0.418 e. The molecule has 7 nitrogen and oxygen atoms in total.